The molecule has 0 aliphatic carbocycles. The number of nitrogens with zero attached hydrogens (tertiary/aromatic N) is 3. The fraction of sp³-hybridized carbons (Fsp3) is 0.250. The van der Waals surface area contributed by atoms with Crippen LogP contribution >= 0.6 is 11.3 Å². The third kappa shape index (κ3) is 4.86. The largest absolute Gasteiger partial charge is 0.431 e. The van der Waals surface area contributed by atoms with E-state index in [0.29, 0.717) is 11.8 Å². The zero-order chi connectivity index (χ0) is 24.4. The van der Waals surface area contributed by atoms with Crippen LogP contribution in [-0.4, -0.2) is 34.9 Å². The van der Waals surface area contributed by atoms with Crippen LogP contribution in [0.4, 0.5) is 31.5 Å². The first-order valence-corrected chi connectivity index (χ1v) is 9.93. The van der Waals surface area contributed by atoms with Crippen molar-refractivity contribution in [2.45, 2.75) is 24.5 Å². The van der Waals surface area contributed by atoms with Crippen molar-refractivity contribution < 1.29 is 36.2 Å². The fourth-order valence-electron chi connectivity index (χ4n) is 2.79. The molecule has 3 rings (SSSR count). The summed E-state index contributed by atoms with van der Waals surface area (Å²) in [6, 6.07) is 8.52. The number of hydrogen-bond acceptors (Lipinski definition) is 6. The highest BCUT2D eigenvalue weighted by Crippen LogP contribution is 2.52. The van der Waals surface area contributed by atoms with E-state index in [2.05, 4.69) is 10.3 Å². The zero-order valence-electron chi connectivity index (χ0n) is 16.4. The van der Waals surface area contributed by atoms with Crippen molar-refractivity contribution in [3.05, 3.63) is 70.4 Å². The van der Waals surface area contributed by atoms with E-state index in [1.165, 1.54) is 23.3 Å². The Balaban J connectivity index is 1.66. The SMILES string of the molecule is N#Cc1ccc(CNC(=O)C2=CCN(c3ncc(C(O)(C(F)(F)F)C(F)(F)F)s3)C=C2)cc1. The molecule has 1 aromatic heterocycles. The van der Waals surface area contributed by atoms with Crippen molar-refractivity contribution in [1.29, 1.82) is 5.26 Å². The first-order valence-electron chi connectivity index (χ1n) is 9.11. The van der Waals surface area contributed by atoms with Crippen LogP contribution in [0.25, 0.3) is 0 Å². The van der Waals surface area contributed by atoms with Gasteiger partial charge in [-0.2, -0.15) is 31.6 Å². The van der Waals surface area contributed by atoms with E-state index < -0.39 is 28.7 Å². The van der Waals surface area contributed by atoms with Crippen LogP contribution in [0.5, 0.6) is 0 Å². The number of aliphatic hydroxyl groups is 1. The van der Waals surface area contributed by atoms with Gasteiger partial charge in [0.2, 0.25) is 0 Å². The smallest absolute Gasteiger partial charge is 0.369 e. The molecule has 0 saturated heterocycles. The molecular weight excluding hydrogens is 474 g/mol. The van der Waals surface area contributed by atoms with Crippen LogP contribution < -0.4 is 10.2 Å². The number of nitriles is 1. The highest BCUT2D eigenvalue weighted by molar-refractivity contribution is 7.15. The van der Waals surface area contributed by atoms with Gasteiger partial charge in [-0.25, -0.2) is 4.98 Å². The maximum Gasteiger partial charge on any atom is 0.431 e. The first kappa shape index (κ1) is 24.3. The second-order valence-corrected chi connectivity index (χ2v) is 7.84. The van der Waals surface area contributed by atoms with Crippen LogP contribution in [0, 0.1) is 11.3 Å². The van der Waals surface area contributed by atoms with Crippen molar-refractivity contribution in [2.24, 2.45) is 0 Å². The standard InChI is InChI=1S/C20H14F6N4O2S/c21-19(22,23)18(32,20(24,25)26)15-11-29-17(33-15)30-7-5-14(6-8-30)16(31)28-10-13-3-1-12(9-27)2-4-13/h1-7,11,32H,8,10H2,(H,28,31). The molecular formula is C20H14F6N4O2S. The van der Waals surface area contributed by atoms with Gasteiger partial charge >= 0.3 is 12.4 Å². The van der Waals surface area contributed by atoms with Crippen molar-refractivity contribution >= 4 is 22.4 Å². The van der Waals surface area contributed by atoms with E-state index in [9.17, 15) is 36.2 Å². The average Bonchev–Trinajstić information content (AvgIpc) is 3.26. The third-order valence-electron chi connectivity index (χ3n) is 4.66. The summed E-state index contributed by atoms with van der Waals surface area (Å²) in [5.41, 5.74) is -3.58. The summed E-state index contributed by atoms with van der Waals surface area (Å²) in [5, 5.41) is 20.7. The monoisotopic (exact) mass is 488 g/mol. The molecule has 0 saturated carbocycles. The van der Waals surface area contributed by atoms with Gasteiger partial charge < -0.3 is 15.3 Å². The van der Waals surface area contributed by atoms with Gasteiger partial charge in [-0.1, -0.05) is 29.5 Å². The molecule has 1 aromatic carbocycles. The lowest BCUT2D eigenvalue weighted by Crippen LogP contribution is -2.53. The Morgan fingerprint density at radius 1 is 1.18 bits per heavy atom. The van der Waals surface area contributed by atoms with E-state index in [1.54, 1.807) is 24.3 Å². The number of rotatable bonds is 5. The number of carbonyl (C=O) groups excluding carboxylic acids is 1. The molecule has 1 aliphatic rings. The lowest BCUT2D eigenvalue weighted by atomic mass is 10.0. The molecule has 0 radical (unpaired) electrons. The number of thiazole rings is 1. The summed E-state index contributed by atoms with van der Waals surface area (Å²) in [5.74, 6) is -0.446. The van der Waals surface area contributed by atoms with E-state index in [1.807, 2.05) is 6.07 Å². The van der Waals surface area contributed by atoms with Gasteiger partial charge in [0.1, 0.15) is 0 Å². The Morgan fingerprint density at radius 2 is 1.82 bits per heavy atom. The minimum Gasteiger partial charge on any atom is -0.369 e. The minimum absolute atomic E-state index is 0.0411. The minimum atomic E-state index is -5.99. The van der Waals surface area contributed by atoms with E-state index in [-0.39, 0.29) is 35.1 Å². The molecule has 0 atom stereocenters. The second-order valence-electron chi connectivity index (χ2n) is 6.83. The second kappa shape index (κ2) is 8.87. The lowest BCUT2D eigenvalue weighted by molar-refractivity contribution is -0.375. The molecule has 6 nitrogen and oxygen atoms in total. The molecule has 0 fully saturated rings. The molecule has 0 bridgehead atoms. The van der Waals surface area contributed by atoms with E-state index >= 15 is 0 Å². The molecule has 0 spiro atoms. The number of anilines is 1. The Hall–Kier alpha value is -3.37. The third-order valence-corrected chi connectivity index (χ3v) is 5.80. The Morgan fingerprint density at radius 3 is 2.33 bits per heavy atom. The van der Waals surface area contributed by atoms with E-state index in [4.69, 9.17) is 5.26 Å². The van der Waals surface area contributed by atoms with Crippen molar-refractivity contribution in [2.75, 3.05) is 11.4 Å². The van der Waals surface area contributed by atoms with Crippen molar-refractivity contribution in [3.8, 4) is 6.07 Å². The van der Waals surface area contributed by atoms with Crippen LogP contribution in [0.2, 0.25) is 0 Å². The average molecular weight is 488 g/mol. The number of aromatic nitrogens is 1. The molecule has 13 heteroatoms. The van der Waals surface area contributed by atoms with Crippen LogP contribution in [0.3, 0.4) is 0 Å². The number of benzene rings is 1. The number of halogens is 6. The summed E-state index contributed by atoms with van der Waals surface area (Å²) < 4.78 is 78.1. The van der Waals surface area contributed by atoms with Gasteiger partial charge in [0.25, 0.3) is 11.5 Å². The number of nitrogens with one attached hydrogen (secondary N) is 1. The van der Waals surface area contributed by atoms with Crippen molar-refractivity contribution in [3.63, 3.8) is 0 Å². The zero-order valence-corrected chi connectivity index (χ0v) is 17.2. The molecule has 174 valence electrons. The van der Waals surface area contributed by atoms with Gasteiger partial charge in [-0.15, -0.1) is 0 Å². The summed E-state index contributed by atoms with van der Waals surface area (Å²) >= 11 is 0.0411. The molecule has 0 unspecified atom stereocenters. The highest BCUT2D eigenvalue weighted by atomic mass is 32.1. The highest BCUT2D eigenvalue weighted by Gasteiger charge is 2.72. The molecule has 1 amide bonds. The summed E-state index contributed by atoms with van der Waals surface area (Å²) in [6.07, 6.45) is -7.61. The summed E-state index contributed by atoms with van der Waals surface area (Å²) in [7, 11) is 0. The molecule has 1 aliphatic heterocycles. The predicted molar refractivity (Wildman–Crippen MR) is 106 cm³/mol. The van der Waals surface area contributed by atoms with E-state index in [0.717, 1.165) is 5.56 Å². The molecule has 2 heterocycles. The number of alkyl halides is 6. The van der Waals surface area contributed by atoms with Gasteiger partial charge in [0.05, 0.1) is 16.5 Å². The van der Waals surface area contributed by atoms with Gasteiger partial charge in [0, 0.05) is 31.1 Å². The van der Waals surface area contributed by atoms with Gasteiger partial charge in [-0.05, 0) is 23.8 Å². The number of carbonyl (C=O) groups is 1. The maximum atomic E-state index is 13.0. The van der Waals surface area contributed by atoms with Crippen LogP contribution in [0.15, 0.2) is 54.4 Å². The number of amides is 1. The Kier molecular flexibility index (Phi) is 6.53. The topological polar surface area (TPSA) is 89.3 Å². The quantitative estimate of drug-likeness (QED) is 0.624. The molecule has 2 N–H and O–H groups in total. The van der Waals surface area contributed by atoms with Gasteiger partial charge in [0.15, 0.2) is 5.13 Å². The Labute approximate surface area is 187 Å². The van der Waals surface area contributed by atoms with Gasteiger partial charge in [-0.3, -0.25) is 4.79 Å². The summed E-state index contributed by atoms with van der Waals surface area (Å²) in [6.45, 7) is 0.141. The number of hydrogen-bond donors (Lipinski definition) is 2. The summed E-state index contributed by atoms with van der Waals surface area (Å²) in [4.78, 5) is 15.7. The van der Waals surface area contributed by atoms with Crippen LogP contribution in [0.1, 0.15) is 16.0 Å². The predicted octanol–water partition coefficient (Wildman–Crippen LogP) is 3.90. The van der Waals surface area contributed by atoms with Crippen LogP contribution in [-0.2, 0) is 16.9 Å². The fourth-order valence-corrected chi connectivity index (χ4v) is 3.83. The normalized spacial score (nSPS) is 14.6. The first-order chi connectivity index (χ1) is 15.4. The Bertz CT molecular complexity index is 1120. The molecule has 2 aromatic rings. The maximum absolute atomic E-state index is 13.0. The molecule has 33 heavy (non-hydrogen) atoms. The van der Waals surface area contributed by atoms with Crippen molar-refractivity contribution in [1.82, 2.24) is 10.3 Å². The lowest BCUT2D eigenvalue weighted by Gasteiger charge is -2.30.